The van der Waals surface area contributed by atoms with Gasteiger partial charge in [-0.25, -0.2) is 0 Å². The van der Waals surface area contributed by atoms with E-state index in [1.165, 1.54) is 8.47 Å². The first-order valence-electron chi connectivity index (χ1n) is 3.73. The summed E-state index contributed by atoms with van der Waals surface area (Å²) < 4.78 is 1.21. The van der Waals surface area contributed by atoms with Gasteiger partial charge in [0.1, 0.15) is 0 Å². The number of aromatic nitrogens is 1. The number of rotatable bonds is 1. The van der Waals surface area contributed by atoms with Gasteiger partial charge in [-0.2, -0.15) is 0 Å². The van der Waals surface area contributed by atoms with Gasteiger partial charge in [-0.1, -0.05) is 11.6 Å². The highest BCUT2D eigenvalue weighted by molar-refractivity contribution is 14.1. The Labute approximate surface area is 99.4 Å². The van der Waals surface area contributed by atoms with E-state index in [1.807, 2.05) is 18.3 Å². The van der Waals surface area contributed by atoms with Crippen LogP contribution in [0.4, 0.5) is 0 Å². The summed E-state index contributed by atoms with van der Waals surface area (Å²) in [6, 6.07) is 3.96. The molecular weight excluding hydrogens is 317 g/mol. The second-order valence-corrected chi connectivity index (χ2v) is 5.05. The first-order valence-corrected chi connectivity index (χ1v) is 6.41. The minimum absolute atomic E-state index is 0.820. The molecular formula is C9H7ClINS. The molecule has 0 spiro atoms. The van der Waals surface area contributed by atoms with Crippen LogP contribution in [0.15, 0.2) is 23.2 Å². The predicted molar refractivity (Wildman–Crippen MR) is 67.8 cm³/mol. The monoisotopic (exact) mass is 323 g/mol. The van der Waals surface area contributed by atoms with Crippen LogP contribution in [0.2, 0.25) is 5.02 Å². The molecule has 0 aliphatic rings. The lowest BCUT2D eigenvalue weighted by atomic mass is 10.2. The minimum atomic E-state index is 0.820. The molecule has 2 rings (SSSR count). The molecule has 68 valence electrons. The average molecular weight is 324 g/mol. The molecule has 1 aromatic carbocycles. The number of aromatic amines is 1. The maximum atomic E-state index is 6.12. The first-order chi connectivity index (χ1) is 6.24. The van der Waals surface area contributed by atoms with Gasteiger partial charge in [0.05, 0.1) is 10.5 Å². The Kier molecular flexibility index (Phi) is 2.76. The van der Waals surface area contributed by atoms with Crippen LogP contribution in [0.25, 0.3) is 10.9 Å². The number of fused-ring (bicyclic) bond motifs is 1. The number of halogens is 2. The standard InChI is InChI=1S/C9H7ClINS/c1-13-7-4-12-9-6(11)3-2-5(10)8(7)9/h2-4,12H,1H3. The lowest BCUT2D eigenvalue weighted by Crippen LogP contribution is -1.76. The zero-order valence-electron chi connectivity index (χ0n) is 6.90. The molecule has 4 heteroatoms. The zero-order valence-corrected chi connectivity index (χ0v) is 10.6. The second kappa shape index (κ2) is 3.71. The Balaban J connectivity index is 2.87. The quantitative estimate of drug-likeness (QED) is 0.616. The van der Waals surface area contributed by atoms with E-state index < -0.39 is 0 Å². The molecule has 0 radical (unpaired) electrons. The topological polar surface area (TPSA) is 15.8 Å². The highest BCUT2D eigenvalue weighted by atomic mass is 127. The molecule has 1 nitrogen and oxygen atoms in total. The van der Waals surface area contributed by atoms with E-state index in [-0.39, 0.29) is 0 Å². The van der Waals surface area contributed by atoms with Crippen molar-refractivity contribution in [1.82, 2.24) is 4.98 Å². The third kappa shape index (κ3) is 1.57. The average Bonchev–Trinajstić information content (AvgIpc) is 2.56. The van der Waals surface area contributed by atoms with Crippen LogP contribution in [0.5, 0.6) is 0 Å². The second-order valence-electron chi connectivity index (χ2n) is 2.64. The van der Waals surface area contributed by atoms with Crippen LogP contribution in [0.3, 0.4) is 0 Å². The van der Waals surface area contributed by atoms with Gasteiger partial charge >= 0.3 is 0 Å². The number of benzene rings is 1. The van der Waals surface area contributed by atoms with Gasteiger partial charge in [0, 0.05) is 20.0 Å². The normalized spacial score (nSPS) is 11.0. The molecule has 0 saturated heterocycles. The van der Waals surface area contributed by atoms with Gasteiger partial charge < -0.3 is 4.98 Å². The summed E-state index contributed by atoms with van der Waals surface area (Å²) in [7, 11) is 0. The summed E-state index contributed by atoms with van der Waals surface area (Å²) in [5.74, 6) is 0. The van der Waals surface area contributed by atoms with Crippen molar-refractivity contribution in [2.24, 2.45) is 0 Å². The third-order valence-corrected chi connectivity index (χ3v) is 3.89. The van der Waals surface area contributed by atoms with Crippen LogP contribution in [0, 0.1) is 3.57 Å². The molecule has 2 aromatic rings. The van der Waals surface area contributed by atoms with E-state index in [4.69, 9.17) is 11.6 Å². The Morgan fingerprint density at radius 3 is 2.92 bits per heavy atom. The number of hydrogen-bond acceptors (Lipinski definition) is 1. The Bertz CT molecular complexity index is 452. The maximum absolute atomic E-state index is 6.12. The molecule has 0 amide bonds. The fourth-order valence-electron chi connectivity index (χ4n) is 1.30. The fourth-order valence-corrected chi connectivity index (χ4v) is 2.82. The molecule has 0 atom stereocenters. The van der Waals surface area contributed by atoms with Gasteiger partial charge in [0.25, 0.3) is 0 Å². The van der Waals surface area contributed by atoms with E-state index in [0.29, 0.717) is 0 Å². The van der Waals surface area contributed by atoms with Crippen molar-refractivity contribution >= 4 is 56.9 Å². The predicted octanol–water partition coefficient (Wildman–Crippen LogP) is 4.15. The Hall–Kier alpha value is 0.130. The minimum Gasteiger partial charge on any atom is -0.359 e. The van der Waals surface area contributed by atoms with E-state index >= 15 is 0 Å². The van der Waals surface area contributed by atoms with E-state index in [1.54, 1.807) is 11.8 Å². The first kappa shape index (κ1) is 9.68. The van der Waals surface area contributed by atoms with Crippen LogP contribution in [-0.2, 0) is 0 Å². The van der Waals surface area contributed by atoms with Crippen molar-refractivity contribution in [1.29, 1.82) is 0 Å². The van der Waals surface area contributed by atoms with Crippen LogP contribution >= 0.6 is 46.0 Å². The summed E-state index contributed by atoms with van der Waals surface area (Å²) >= 11 is 10.1. The van der Waals surface area contributed by atoms with E-state index in [2.05, 4.69) is 33.8 Å². The number of nitrogens with one attached hydrogen (secondary N) is 1. The third-order valence-electron chi connectivity index (χ3n) is 1.92. The molecule has 1 aromatic heterocycles. The van der Waals surface area contributed by atoms with Gasteiger partial charge in [-0.15, -0.1) is 11.8 Å². The van der Waals surface area contributed by atoms with Crippen LogP contribution in [0.1, 0.15) is 0 Å². The molecule has 0 aliphatic carbocycles. The number of thioether (sulfide) groups is 1. The largest absolute Gasteiger partial charge is 0.359 e. The van der Waals surface area contributed by atoms with Crippen molar-refractivity contribution in [2.75, 3.05) is 6.26 Å². The van der Waals surface area contributed by atoms with Crippen molar-refractivity contribution in [3.05, 3.63) is 26.9 Å². The highest BCUT2D eigenvalue weighted by Crippen LogP contribution is 2.34. The molecule has 0 unspecified atom stereocenters. The zero-order chi connectivity index (χ0) is 9.42. The Morgan fingerprint density at radius 1 is 1.46 bits per heavy atom. The van der Waals surface area contributed by atoms with Crippen molar-refractivity contribution in [3.63, 3.8) is 0 Å². The smallest absolute Gasteiger partial charge is 0.0616 e. The fraction of sp³-hybridized carbons (Fsp3) is 0.111. The molecule has 0 bridgehead atoms. The molecule has 1 N–H and O–H groups in total. The lowest BCUT2D eigenvalue weighted by Gasteiger charge is -1.98. The molecule has 0 fully saturated rings. The van der Waals surface area contributed by atoms with Gasteiger partial charge in [-0.05, 0) is 41.0 Å². The number of hydrogen-bond donors (Lipinski definition) is 1. The van der Waals surface area contributed by atoms with E-state index in [9.17, 15) is 0 Å². The van der Waals surface area contributed by atoms with Crippen molar-refractivity contribution in [3.8, 4) is 0 Å². The molecule has 13 heavy (non-hydrogen) atoms. The summed E-state index contributed by atoms with van der Waals surface area (Å²) in [5, 5.41) is 1.96. The van der Waals surface area contributed by atoms with Gasteiger partial charge in [0.15, 0.2) is 0 Å². The van der Waals surface area contributed by atoms with Crippen LogP contribution in [-0.4, -0.2) is 11.2 Å². The summed E-state index contributed by atoms with van der Waals surface area (Å²) in [6.07, 6.45) is 4.06. The van der Waals surface area contributed by atoms with Crippen molar-refractivity contribution < 1.29 is 0 Å². The van der Waals surface area contributed by atoms with Gasteiger partial charge in [0.2, 0.25) is 0 Å². The van der Waals surface area contributed by atoms with Gasteiger partial charge in [-0.3, -0.25) is 0 Å². The highest BCUT2D eigenvalue weighted by Gasteiger charge is 2.08. The van der Waals surface area contributed by atoms with E-state index in [0.717, 1.165) is 15.9 Å². The van der Waals surface area contributed by atoms with Crippen molar-refractivity contribution in [2.45, 2.75) is 4.90 Å². The molecule has 0 aliphatic heterocycles. The number of H-pyrrole nitrogens is 1. The molecule has 0 saturated carbocycles. The maximum Gasteiger partial charge on any atom is 0.0616 e. The van der Waals surface area contributed by atoms with Crippen LogP contribution < -0.4 is 0 Å². The lowest BCUT2D eigenvalue weighted by molar-refractivity contribution is 1.41. The Morgan fingerprint density at radius 2 is 2.23 bits per heavy atom. The SMILES string of the molecule is CSc1c[nH]c2c(I)ccc(Cl)c12. The summed E-state index contributed by atoms with van der Waals surface area (Å²) in [4.78, 5) is 4.44. The summed E-state index contributed by atoms with van der Waals surface area (Å²) in [6.45, 7) is 0. The summed E-state index contributed by atoms with van der Waals surface area (Å²) in [5.41, 5.74) is 1.14. The molecule has 1 heterocycles.